The molecule has 0 fully saturated rings. The lowest BCUT2D eigenvalue weighted by Gasteiger charge is -1.66. The largest absolute Gasteiger partial charge is 0.0826 e. The molecule has 0 aliphatic carbocycles. The third kappa shape index (κ3) is 5.05. The van der Waals surface area contributed by atoms with Crippen LogP contribution < -0.4 is 0 Å². The fourth-order valence-electron chi connectivity index (χ4n) is 0.182. The fourth-order valence-corrected chi connectivity index (χ4v) is 0.182. The smallest absolute Gasteiger partial charge is 0.00474 e. The van der Waals surface area contributed by atoms with Gasteiger partial charge < -0.3 is 0 Å². The first-order chi connectivity index (χ1) is 3.41. The topological polar surface area (TPSA) is 48.8 Å². The van der Waals surface area contributed by atoms with Crippen LogP contribution >= 0.6 is 0 Å². The minimum atomic E-state index is 0.916. The van der Waals surface area contributed by atoms with Crippen molar-refractivity contribution < 1.29 is 0 Å². The molecule has 0 spiro atoms. The molecule has 0 bridgehead atoms. The van der Waals surface area contributed by atoms with Crippen LogP contribution in [-0.4, -0.2) is 0 Å². The molecular weight excluding hydrogens is 90.1 g/mol. The second-order valence-corrected chi connectivity index (χ2v) is 0.998. The highest BCUT2D eigenvalue weighted by molar-refractivity contribution is 4.77. The van der Waals surface area contributed by atoms with Gasteiger partial charge in [-0.25, -0.2) is 0 Å². The fraction of sp³-hybridized carbons (Fsp3) is 0.500. The van der Waals surface area contributed by atoms with Crippen molar-refractivity contribution in [1.82, 2.24) is 0 Å². The van der Waals surface area contributed by atoms with Crippen LogP contribution in [-0.2, 0) is 0 Å². The summed E-state index contributed by atoms with van der Waals surface area (Å²) in [4.78, 5) is 2.51. The van der Waals surface area contributed by atoms with Crippen molar-refractivity contribution >= 4 is 0 Å². The maximum Gasteiger partial charge on any atom is 0.00474 e. The summed E-state index contributed by atoms with van der Waals surface area (Å²) in [6.07, 6.45) is 4.15. The molecule has 0 N–H and O–H groups in total. The first-order valence-corrected chi connectivity index (χ1v) is 2.11. The van der Waals surface area contributed by atoms with E-state index >= 15 is 0 Å². The summed E-state index contributed by atoms with van der Waals surface area (Å²) >= 11 is 0. The molecular formula is C4H7N3. The second kappa shape index (κ2) is 5.05. The lowest BCUT2D eigenvalue weighted by molar-refractivity contribution is 1.21. The van der Waals surface area contributed by atoms with E-state index < -0.39 is 0 Å². The van der Waals surface area contributed by atoms with Gasteiger partial charge in [0.15, 0.2) is 0 Å². The Morgan fingerprint density at radius 2 is 2.57 bits per heavy atom. The van der Waals surface area contributed by atoms with Crippen LogP contribution in [0.25, 0.3) is 10.4 Å². The second-order valence-electron chi connectivity index (χ2n) is 0.998. The SMILES string of the molecule is CCC=CN=[N+]=[N-]. The van der Waals surface area contributed by atoms with Crippen LogP contribution in [0.2, 0.25) is 0 Å². The molecule has 7 heavy (non-hydrogen) atoms. The van der Waals surface area contributed by atoms with Gasteiger partial charge in [0.2, 0.25) is 0 Å². The Bertz CT molecular complexity index is 99.5. The van der Waals surface area contributed by atoms with Crippen LogP contribution in [0.1, 0.15) is 13.3 Å². The van der Waals surface area contributed by atoms with E-state index in [2.05, 4.69) is 10.0 Å². The average molecular weight is 97.1 g/mol. The summed E-state index contributed by atoms with van der Waals surface area (Å²) in [5, 5.41) is 3.16. The zero-order valence-electron chi connectivity index (χ0n) is 4.20. The zero-order chi connectivity index (χ0) is 5.54. The number of hydrogen-bond acceptors (Lipinski definition) is 1. The van der Waals surface area contributed by atoms with E-state index in [1.807, 2.05) is 6.92 Å². The predicted octanol–water partition coefficient (Wildman–Crippen LogP) is 2.22. The molecule has 0 radical (unpaired) electrons. The van der Waals surface area contributed by atoms with Gasteiger partial charge in [0.1, 0.15) is 0 Å². The molecule has 0 amide bonds. The summed E-state index contributed by atoms with van der Waals surface area (Å²) in [5.41, 5.74) is 7.70. The van der Waals surface area contributed by atoms with Crippen LogP contribution in [0.4, 0.5) is 0 Å². The molecule has 0 saturated heterocycles. The molecule has 0 aromatic carbocycles. The lowest BCUT2D eigenvalue weighted by atomic mass is 10.5. The molecule has 0 unspecified atom stereocenters. The van der Waals surface area contributed by atoms with E-state index in [0.717, 1.165) is 6.42 Å². The Balaban J connectivity index is 3.27. The van der Waals surface area contributed by atoms with Crippen LogP contribution in [0.5, 0.6) is 0 Å². The maximum atomic E-state index is 7.70. The quantitative estimate of drug-likeness (QED) is 0.288. The van der Waals surface area contributed by atoms with Crippen molar-refractivity contribution in [1.29, 1.82) is 0 Å². The van der Waals surface area contributed by atoms with E-state index in [1.165, 1.54) is 6.20 Å². The van der Waals surface area contributed by atoms with Crippen molar-refractivity contribution in [3.05, 3.63) is 22.7 Å². The van der Waals surface area contributed by atoms with Gasteiger partial charge in [-0.05, 0) is 18.2 Å². The molecule has 38 valence electrons. The van der Waals surface area contributed by atoms with Crippen LogP contribution in [0, 0.1) is 0 Å². The van der Waals surface area contributed by atoms with E-state index in [9.17, 15) is 0 Å². The van der Waals surface area contributed by atoms with Crippen molar-refractivity contribution in [2.75, 3.05) is 0 Å². The molecule has 0 aromatic heterocycles. The number of rotatable bonds is 2. The number of azide groups is 1. The molecule has 3 heteroatoms. The average Bonchev–Trinajstić information content (AvgIpc) is 1.69. The molecule has 0 aromatic rings. The number of nitrogens with zero attached hydrogens (tertiary/aromatic N) is 3. The first-order valence-electron chi connectivity index (χ1n) is 2.11. The van der Waals surface area contributed by atoms with E-state index in [0.29, 0.717) is 0 Å². The molecule has 0 rings (SSSR count). The third-order valence-corrected chi connectivity index (χ3v) is 0.459. The minimum Gasteiger partial charge on any atom is -0.0826 e. The van der Waals surface area contributed by atoms with Gasteiger partial charge in [-0.15, -0.1) is 0 Å². The molecule has 3 nitrogen and oxygen atoms in total. The van der Waals surface area contributed by atoms with Gasteiger partial charge >= 0.3 is 0 Å². The molecule has 0 heterocycles. The zero-order valence-corrected chi connectivity index (χ0v) is 4.20. The van der Waals surface area contributed by atoms with Gasteiger partial charge in [0.05, 0.1) is 0 Å². The molecule has 0 aliphatic rings. The van der Waals surface area contributed by atoms with Crippen molar-refractivity contribution in [2.45, 2.75) is 13.3 Å². The van der Waals surface area contributed by atoms with Crippen LogP contribution in [0.3, 0.4) is 0 Å². The highest BCUT2D eigenvalue weighted by Crippen LogP contribution is 1.78. The highest BCUT2D eigenvalue weighted by Gasteiger charge is 1.57. The number of allylic oxidation sites excluding steroid dienone is 1. The highest BCUT2D eigenvalue weighted by atomic mass is 15.1. The van der Waals surface area contributed by atoms with Gasteiger partial charge in [-0.3, -0.25) is 0 Å². The van der Waals surface area contributed by atoms with Crippen molar-refractivity contribution in [3.63, 3.8) is 0 Å². The van der Waals surface area contributed by atoms with Crippen LogP contribution in [0.15, 0.2) is 17.4 Å². The Labute approximate surface area is 42.3 Å². The summed E-state index contributed by atoms with van der Waals surface area (Å²) in [6, 6.07) is 0. The Morgan fingerprint density at radius 1 is 1.86 bits per heavy atom. The summed E-state index contributed by atoms with van der Waals surface area (Å²) in [5.74, 6) is 0. The summed E-state index contributed by atoms with van der Waals surface area (Å²) < 4.78 is 0. The first kappa shape index (κ1) is 6.05. The summed E-state index contributed by atoms with van der Waals surface area (Å²) in [6.45, 7) is 1.98. The Hall–Kier alpha value is -0.950. The Morgan fingerprint density at radius 3 is 3.00 bits per heavy atom. The van der Waals surface area contributed by atoms with E-state index in [-0.39, 0.29) is 0 Å². The number of hydrogen-bond donors (Lipinski definition) is 0. The lowest BCUT2D eigenvalue weighted by Crippen LogP contribution is -1.46. The summed E-state index contributed by atoms with van der Waals surface area (Å²) in [7, 11) is 0. The van der Waals surface area contributed by atoms with E-state index in [1.54, 1.807) is 6.08 Å². The standard InChI is InChI=1S/C4H7N3/c1-2-3-4-6-7-5/h3-4H,2H2,1H3. The van der Waals surface area contributed by atoms with Crippen molar-refractivity contribution in [2.24, 2.45) is 5.11 Å². The Kier molecular flexibility index (Phi) is 4.36. The minimum absolute atomic E-state index is 0.916. The maximum absolute atomic E-state index is 7.70. The molecule has 0 aliphatic heterocycles. The van der Waals surface area contributed by atoms with Gasteiger partial charge in [-0.1, -0.05) is 18.1 Å². The molecule has 0 saturated carbocycles. The van der Waals surface area contributed by atoms with Gasteiger partial charge in [-0.2, -0.15) is 0 Å². The molecule has 0 atom stereocenters. The van der Waals surface area contributed by atoms with Gasteiger partial charge in [0, 0.05) is 4.91 Å². The predicted molar refractivity (Wildman–Crippen MR) is 28.6 cm³/mol. The van der Waals surface area contributed by atoms with Crippen molar-refractivity contribution in [3.8, 4) is 0 Å². The monoisotopic (exact) mass is 97.1 g/mol. The van der Waals surface area contributed by atoms with Gasteiger partial charge in [0.25, 0.3) is 0 Å². The normalized spacial score (nSPS) is 8.71. The van der Waals surface area contributed by atoms with E-state index in [4.69, 9.17) is 5.53 Å². The third-order valence-electron chi connectivity index (χ3n) is 0.459.